The number of halogens is 2. The second kappa shape index (κ2) is 7.43. The molecule has 1 aromatic carbocycles. The van der Waals surface area contributed by atoms with Crippen molar-refractivity contribution in [3.8, 4) is 11.4 Å². The first-order valence-corrected chi connectivity index (χ1v) is 9.34. The lowest BCUT2D eigenvalue weighted by molar-refractivity contribution is -0.113. The number of hydrogen-bond acceptors (Lipinski definition) is 5. The molecule has 0 bridgehead atoms. The molecule has 6 nitrogen and oxygen atoms in total. The molecule has 2 aromatic heterocycles. The van der Waals surface area contributed by atoms with E-state index in [-0.39, 0.29) is 5.75 Å². The lowest BCUT2D eigenvalue weighted by Gasteiger charge is -2.09. The molecule has 1 saturated carbocycles. The Kier molecular flexibility index (Phi) is 4.85. The number of pyridine rings is 1. The lowest BCUT2D eigenvalue weighted by Crippen LogP contribution is -2.16. The van der Waals surface area contributed by atoms with Crippen LogP contribution in [0.25, 0.3) is 11.4 Å². The molecule has 0 atom stereocenters. The first kappa shape index (κ1) is 17.6. The molecule has 1 fully saturated rings. The quantitative estimate of drug-likeness (QED) is 0.653. The smallest absolute Gasteiger partial charge is 0.235 e. The zero-order valence-corrected chi connectivity index (χ0v) is 14.9. The molecule has 1 aliphatic rings. The largest absolute Gasteiger partial charge is 0.320 e. The lowest BCUT2D eigenvalue weighted by atomic mass is 10.2. The van der Waals surface area contributed by atoms with Crippen molar-refractivity contribution in [3.05, 3.63) is 54.4 Å². The van der Waals surface area contributed by atoms with Gasteiger partial charge in [-0.1, -0.05) is 17.8 Å². The minimum Gasteiger partial charge on any atom is -0.320 e. The molecule has 0 saturated heterocycles. The Morgan fingerprint density at radius 1 is 1.15 bits per heavy atom. The summed E-state index contributed by atoms with van der Waals surface area (Å²) in [6, 6.07) is 7.44. The van der Waals surface area contributed by atoms with Crippen molar-refractivity contribution in [1.82, 2.24) is 19.7 Å². The minimum absolute atomic E-state index is 0.0328. The van der Waals surface area contributed by atoms with E-state index in [2.05, 4.69) is 20.5 Å². The van der Waals surface area contributed by atoms with Gasteiger partial charge in [0.2, 0.25) is 5.91 Å². The minimum atomic E-state index is -0.811. The molecular formula is C18H15F2N5OS. The highest BCUT2D eigenvalue weighted by molar-refractivity contribution is 7.99. The summed E-state index contributed by atoms with van der Waals surface area (Å²) in [6.07, 6.45) is 5.42. The monoisotopic (exact) mass is 387 g/mol. The summed E-state index contributed by atoms with van der Waals surface area (Å²) < 4.78 is 29.3. The van der Waals surface area contributed by atoms with Crippen LogP contribution in [0.4, 0.5) is 14.5 Å². The maximum absolute atomic E-state index is 13.7. The predicted octanol–water partition coefficient (Wildman–Crippen LogP) is 3.68. The predicted molar refractivity (Wildman–Crippen MR) is 97.2 cm³/mol. The maximum Gasteiger partial charge on any atom is 0.235 e. The van der Waals surface area contributed by atoms with E-state index >= 15 is 0 Å². The van der Waals surface area contributed by atoms with Gasteiger partial charge in [0.15, 0.2) is 11.0 Å². The molecular weight excluding hydrogens is 372 g/mol. The summed E-state index contributed by atoms with van der Waals surface area (Å²) in [6.45, 7) is 0. The highest BCUT2D eigenvalue weighted by Crippen LogP contribution is 2.41. The van der Waals surface area contributed by atoms with Crippen LogP contribution in [0.5, 0.6) is 0 Å². The fourth-order valence-corrected chi connectivity index (χ4v) is 3.46. The molecule has 0 radical (unpaired) electrons. The Hall–Kier alpha value is -2.81. The second-order valence-corrected chi connectivity index (χ2v) is 7.02. The van der Waals surface area contributed by atoms with Crippen molar-refractivity contribution >= 4 is 23.4 Å². The summed E-state index contributed by atoms with van der Waals surface area (Å²) in [5.74, 6) is -1.44. The van der Waals surface area contributed by atoms with Gasteiger partial charge in [-0.3, -0.25) is 14.3 Å². The zero-order chi connectivity index (χ0) is 18.8. The Bertz CT molecular complexity index is 955. The van der Waals surface area contributed by atoms with Gasteiger partial charge in [-0.05, 0) is 37.1 Å². The third-order valence-electron chi connectivity index (χ3n) is 4.07. The summed E-state index contributed by atoms with van der Waals surface area (Å²) >= 11 is 1.19. The summed E-state index contributed by atoms with van der Waals surface area (Å²) in [7, 11) is 0. The molecule has 138 valence electrons. The van der Waals surface area contributed by atoms with E-state index < -0.39 is 23.2 Å². The van der Waals surface area contributed by atoms with Gasteiger partial charge in [0.1, 0.15) is 17.3 Å². The molecule has 1 amide bonds. The SMILES string of the molecule is O=C(CSc1nnc(-c2ccncc2)n1C1CC1)Nc1c(F)cccc1F. The van der Waals surface area contributed by atoms with Crippen molar-refractivity contribution in [3.63, 3.8) is 0 Å². The Labute approximate surface area is 158 Å². The number of nitrogens with zero attached hydrogens (tertiary/aromatic N) is 4. The number of anilines is 1. The van der Waals surface area contributed by atoms with Gasteiger partial charge >= 0.3 is 0 Å². The first-order chi connectivity index (χ1) is 13.1. The number of thioether (sulfide) groups is 1. The van der Waals surface area contributed by atoms with Gasteiger partial charge < -0.3 is 5.32 Å². The van der Waals surface area contributed by atoms with Crippen molar-refractivity contribution in [1.29, 1.82) is 0 Å². The van der Waals surface area contributed by atoms with E-state index in [1.807, 2.05) is 16.7 Å². The van der Waals surface area contributed by atoms with Crippen LogP contribution in [0.3, 0.4) is 0 Å². The maximum atomic E-state index is 13.7. The van der Waals surface area contributed by atoms with E-state index in [0.29, 0.717) is 11.2 Å². The third kappa shape index (κ3) is 3.82. The average molecular weight is 387 g/mol. The highest BCUT2D eigenvalue weighted by atomic mass is 32.2. The van der Waals surface area contributed by atoms with Gasteiger partial charge in [0.25, 0.3) is 0 Å². The summed E-state index contributed by atoms with van der Waals surface area (Å²) in [5.41, 5.74) is 0.457. The number of para-hydroxylation sites is 1. The average Bonchev–Trinajstić information content (AvgIpc) is 3.43. The van der Waals surface area contributed by atoms with E-state index in [1.54, 1.807) is 12.4 Å². The molecule has 0 spiro atoms. The van der Waals surface area contributed by atoms with Gasteiger partial charge in [-0.25, -0.2) is 8.78 Å². The molecule has 0 aliphatic heterocycles. The van der Waals surface area contributed by atoms with E-state index in [0.717, 1.165) is 36.4 Å². The van der Waals surface area contributed by atoms with Crippen LogP contribution < -0.4 is 5.32 Å². The summed E-state index contributed by atoms with van der Waals surface area (Å²) in [4.78, 5) is 16.1. The third-order valence-corrected chi connectivity index (χ3v) is 5.02. The number of rotatable bonds is 6. The number of carbonyl (C=O) groups excluding carboxylic acids is 1. The first-order valence-electron chi connectivity index (χ1n) is 8.35. The second-order valence-electron chi connectivity index (χ2n) is 6.08. The van der Waals surface area contributed by atoms with Crippen LogP contribution in [0.2, 0.25) is 0 Å². The standard InChI is InChI=1S/C18H15F2N5OS/c19-13-2-1-3-14(20)16(13)22-15(26)10-27-18-24-23-17(25(18)12-4-5-12)11-6-8-21-9-7-11/h1-3,6-9,12H,4-5,10H2,(H,22,26). The van der Waals surface area contributed by atoms with Gasteiger partial charge in [0.05, 0.1) is 5.75 Å². The van der Waals surface area contributed by atoms with Crippen molar-refractivity contribution in [2.45, 2.75) is 24.0 Å². The van der Waals surface area contributed by atoms with Crippen molar-refractivity contribution in [2.75, 3.05) is 11.1 Å². The van der Waals surface area contributed by atoms with Crippen molar-refractivity contribution < 1.29 is 13.6 Å². The van der Waals surface area contributed by atoms with Crippen LogP contribution in [-0.2, 0) is 4.79 Å². The molecule has 9 heteroatoms. The van der Waals surface area contributed by atoms with Gasteiger partial charge in [-0.15, -0.1) is 10.2 Å². The topological polar surface area (TPSA) is 72.7 Å². The Morgan fingerprint density at radius 2 is 1.85 bits per heavy atom. The summed E-state index contributed by atoms with van der Waals surface area (Å²) in [5, 5.41) is 11.3. The van der Waals surface area contributed by atoms with E-state index in [1.165, 1.54) is 17.8 Å². The Morgan fingerprint density at radius 3 is 2.52 bits per heavy atom. The highest BCUT2D eigenvalue weighted by Gasteiger charge is 2.30. The number of hydrogen-bond donors (Lipinski definition) is 1. The van der Waals surface area contributed by atoms with Crippen LogP contribution >= 0.6 is 11.8 Å². The number of aromatic nitrogens is 4. The number of carbonyl (C=O) groups is 1. The van der Waals surface area contributed by atoms with Crippen LogP contribution in [-0.4, -0.2) is 31.4 Å². The normalized spacial score (nSPS) is 13.6. The van der Waals surface area contributed by atoms with Crippen LogP contribution in [0.15, 0.2) is 47.9 Å². The van der Waals surface area contributed by atoms with Gasteiger partial charge in [0, 0.05) is 24.0 Å². The molecule has 1 N–H and O–H groups in total. The van der Waals surface area contributed by atoms with Crippen LogP contribution in [0.1, 0.15) is 18.9 Å². The molecule has 2 heterocycles. The fourth-order valence-electron chi connectivity index (χ4n) is 2.66. The van der Waals surface area contributed by atoms with E-state index in [4.69, 9.17) is 0 Å². The molecule has 4 rings (SSSR count). The molecule has 0 unspecified atom stereocenters. The number of amides is 1. The number of benzene rings is 1. The van der Waals surface area contributed by atoms with Gasteiger partial charge in [-0.2, -0.15) is 0 Å². The van der Waals surface area contributed by atoms with E-state index in [9.17, 15) is 13.6 Å². The molecule has 27 heavy (non-hydrogen) atoms. The number of nitrogens with one attached hydrogen (secondary N) is 1. The zero-order valence-electron chi connectivity index (χ0n) is 14.1. The van der Waals surface area contributed by atoms with Crippen LogP contribution in [0, 0.1) is 11.6 Å². The molecule has 1 aliphatic carbocycles. The fraction of sp³-hybridized carbons (Fsp3) is 0.222. The Balaban J connectivity index is 1.49. The molecule has 3 aromatic rings. The van der Waals surface area contributed by atoms with Crippen molar-refractivity contribution in [2.24, 2.45) is 0 Å².